The summed E-state index contributed by atoms with van der Waals surface area (Å²) in [5, 5.41) is 0. The van der Waals surface area contributed by atoms with Crippen LogP contribution in [0.25, 0.3) is 0 Å². The summed E-state index contributed by atoms with van der Waals surface area (Å²) in [6.45, 7) is 6.61. The molecule has 26 heavy (non-hydrogen) atoms. The molecule has 0 spiro atoms. The first kappa shape index (κ1) is 17.5. The van der Waals surface area contributed by atoms with Gasteiger partial charge in [0, 0.05) is 43.9 Å². The Morgan fingerprint density at radius 3 is 2.38 bits per heavy atom. The van der Waals surface area contributed by atoms with Crippen LogP contribution < -0.4 is 0 Å². The standard InChI is InChI=1S/C21H29N3O2/c25-20(23-11-2-1-3-12-23)18-6-7-19-17(16-18)8-13-24(21(19)26)15-14-22-9-4-5-10-22/h6-7,16H,1-5,8-15H2. The highest BCUT2D eigenvalue weighted by Crippen LogP contribution is 2.22. The number of fused-ring (bicyclic) bond motifs is 1. The van der Waals surface area contributed by atoms with E-state index in [9.17, 15) is 9.59 Å². The topological polar surface area (TPSA) is 43.9 Å². The molecular formula is C21H29N3O2. The zero-order valence-corrected chi connectivity index (χ0v) is 15.6. The Hall–Kier alpha value is -1.88. The molecule has 4 rings (SSSR count). The molecule has 3 aliphatic heterocycles. The molecule has 0 unspecified atom stereocenters. The summed E-state index contributed by atoms with van der Waals surface area (Å²) >= 11 is 0. The molecule has 3 aliphatic rings. The minimum absolute atomic E-state index is 0.122. The lowest BCUT2D eigenvalue weighted by molar-refractivity contribution is 0.0709. The van der Waals surface area contributed by atoms with Crippen molar-refractivity contribution in [1.29, 1.82) is 0 Å². The maximum atomic E-state index is 12.8. The van der Waals surface area contributed by atoms with Crippen LogP contribution in [0.4, 0.5) is 0 Å². The number of hydrogen-bond acceptors (Lipinski definition) is 3. The largest absolute Gasteiger partial charge is 0.339 e. The number of nitrogens with zero attached hydrogens (tertiary/aromatic N) is 3. The van der Waals surface area contributed by atoms with Crippen LogP contribution in [0.2, 0.25) is 0 Å². The minimum atomic E-state index is 0.122. The second-order valence-corrected chi connectivity index (χ2v) is 7.82. The van der Waals surface area contributed by atoms with Gasteiger partial charge in [-0.15, -0.1) is 0 Å². The van der Waals surface area contributed by atoms with E-state index in [0.29, 0.717) is 0 Å². The Bertz CT molecular complexity index is 676. The molecule has 0 saturated carbocycles. The monoisotopic (exact) mass is 355 g/mol. The van der Waals surface area contributed by atoms with Crippen molar-refractivity contribution in [2.75, 3.05) is 45.8 Å². The van der Waals surface area contributed by atoms with E-state index in [0.717, 1.165) is 68.7 Å². The summed E-state index contributed by atoms with van der Waals surface area (Å²) in [6, 6.07) is 5.68. The molecule has 5 nitrogen and oxygen atoms in total. The Balaban J connectivity index is 1.42. The van der Waals surface area contributed by atoms with Gasteiger partial charge < -0.3 is 14.7 Å². The number of benzene rings is 1. The van der Waals surface area contributed by atoms with Crippen molar-refractivity contribution < 1.29 is 9.59 Å². The molecule has 0 aromatic heterocycles. The summed E-state index contributed by atoms with van der Waals surface area (Å²) < 4.78 is 0. The number of carbonyl (C=O) groups is 2. The van der Waals surface area contributed by atoms with Gasteiger partial charge in [-0.2, -0.15) is 0 Å². The number of rotatable bonds is 4. The lowest BCUT2D eigenvalue weighted by Gasteiger charge is -2.31. The predicted molar refractivity (Wildman–Crippen MR) is 101 cm³/mol. The highest BCUT2D eigenvalue weighted by molar-refractivity contribution is 6.00. The zero-order valence-electron chi connectivity index (χ0n) is 15.6. The lowest BCUT2D eigenvalue weighted by Crippen LogP contribution is -2.42. The molecule has 0 bridgehead atoms. The summed E-state index contributed by atoms with van der Waals surface area (Å²) in [5.41, 5.74) is 2.56. The lowest BCUT2D eigenvalue weighted by atomic mass is 9.96. The molecular weight excluding hydrogens is 326 g/mol. The number of hydrogen-bond donors (Lipinski definition) is 0. The van der Waals surface area contributed by atoms with E-state index in [1.165, 1.54) is 32.4 Å². The van der Waals surface area contributed by atoms with Gasteiger partial charge in [-0.1, -0.05) is 0 Å². The van der Waals surface area contributed by atoms with Crippen LogP contribution in [0.15, 0.2) is 18.2 Å². The average Bonchev–Trinajstić information content (AvgIpc) is 3.21. The minimum Gasteiger partial charge on any atom is -0.339 e. The molecule has 0 N–H and O–H groups in total. The first-order valence-corrected chi connectivity index (χ1v) is 10.2. The predicted octanol–water partition coefficient (Wildman–Crippen LogP) is 2.41. The van der Waals surface area contributed by atoms with E-state index in [1.807, 2.05) is 28.0 Å². The third kappa shape index (κ3) is 3.63. The van der Waals surface area contributed by atoms with Crippen LogP contribution in [0.3, 0.4) is 0 Å². The van der Waals surface area contributed by atoms with Gasteiger partial charge in [0.25, 0.3) is 11.8 Å². The second-order valence-electron chi connectivity index (χ2n) is 7.82. The smallest absolute Gasteiger partial charge is 0.254 e. The molecule has 5 heteroatoms. The van der Waals surface area contributed by atoms with Gasteiger partial charge in [0.1, 0.15) is 0 Å². The normalized spacial score (nSPS) is 21.2. The van der Waals surface area contributed by atoms with E-state index < -0.39 is 0 Å². The van der Waals surface area contributed by atoms with Gasteiger partial charge in [-0.3, -0.25) is 9.59 Å². The van der Waals surface area contributed by atoms with Gasteiger partial charge in [0.15, 0.2) is 0 Å². The molecule has 0 radical (unpaired) electrons. The van der Waals surface area contributed by atoms with Gasteiger partial charge in [-0.05, 0) is 75.4 Å². The molecule has 2 fully saturated rings. The second kappa shape index (κ2) is 7.78. The van der Waals surface area contributed by atoms with E-state index in [2.05, 4.69) is 4.90 Å². The van der Waals surface area contributed by atoms with Crippen molar-refractivity contribution in [1.82, 2.24) is 14.7 Å². The summed E-state index contributed by atoms with van der Waals surface area (Å²) in [4.78, 5) is 31.9. The van der Waals surface area contributed by atoms with Crippen molar-refractivity contribution in [2.45, 2.75) is 38.5 Å². The van der Waals surface area contributed by atoms with Crippen molar-refractivity contribution in [3.05, 3.63) is 34.9 Å². The number of likely N-dealkylation sites (tertiary alicyclic amines) is 2. The van der Waals surface area contributed by atoms with Crippen LogP contribution in [-0.4, -0.2) is 72.3 Å². The summed E-state index contributed by atoms with van der Waals surface area (Å²) in [6.07, 6.45) is 6.83. The molecule has 0 atom stereocenters. The van der Waals surface area contributed by atoms with Crippen LogP contribution >= 0.6 is 0 Å². The fourth-order valence-corrected chi connectivity index (χ4v) is 4.43. The molecule has 1 aromatic carbocycles. The van der Waals surface area contributed by atoms with Crippen LogP contribution in [-0.2, 0) is 6.42 Å². The van der Waals surface area contributed by atoms with Gasteiger partial charge >= 0.3 is 0 Å². The van der Waals surface area contributed by atoms with Crippen LogP contribution in [0.5, 0.6) is 0 Å². The highest BCUT2D eigenvalue weighted by atomic mass is 16.2. The van der Waals surface area contributed by atoms with Gasteiger partial charge in [0.05, 0.1) is 0 Å². The van der Waals surface area contributed by atoms with Crippen molar-refractivity contribution in [3.8, 4) is 0 Å². The van der Waals surface area contributed by atoms with Crippen molar-refractivity contribution in [3.63, 3.8) is 0 Å². The van der Waals surface area contributed by atoms with Gasteiger partial charge in [0.2, 0.25) is 0 Å². The number of piperidine rings is 1. The fraction of sp³-hybridized carbons (Fsp3) is 0.619. The summed E-state index contributed by atoms with van der Waals surface area (Å²) in [5.74, 6) is 0.249. The highest BCUT2D eigenvalue weighted by Gasteiger charge is 2.26. The molecule has 2 amide bonds. The quantitative estimate of drug-likeness (QED) is 0.833. The molecule has 140 valence electrons. The molecule has 2 saturated heterocycles. The van der Waals surface area contributed by atoms with Crippen molar-refractivity contribution >= 4 is 11.8 Å². The first-order valence-electron chi connectivity index (χ1n) is 10.2. The molecule has 0 aliphatic carbocycles. The third-order valence-corrected chi connectivity index (χ3v) is 6.05. The fourth-order valence-electron chi connectivity index (χ4n) is 4.43. The first-order chi connectivity index (χ1) is 12.7. The van der Waals surface area contributed by atoms with Crippen molar-refractivity contribution in [2.24, 2.45) is 0 Å². The van der Waals surface area contributed by atoms with Crippen LogP contribution in [0, 0.1) is 0 Å². The maximum Gasteiger partial charge on any atom is 0.254 e. The Labute approximate surface area is 155 Å². The Kier molecular flexibility index (Phi) is 5.25. The SMILES string of the molecule is O=C(c1ccc2c(c1)CCN(CCN1CCCC1)C2=O)N1CCCCC1. The van der Waals surface area contributed by atoms with E-state index >= 15 is 0 Å². The Morgan fingerprint density at radius 2 is 1.62 bits per heavy atom. The van der Waals surface area contributed by atoms with E-state index in [-0.39, 0.29) is 11.8 Å². The third-order valence-electron chi connectivity index (χ3n) is 6.05. The number of carbonyl (C=O) groups excluding carboxylic acids is 2. The summed E-state index contributed by atoms with van der Waals surface area (Å²) in [7, 11) is 0. The Morgan fingerprint density at radius 1 is 0.885 bits per heavy atom. The van der Waals surface area contributed by atoms with Gasteiger partial charge in [-0.25, -0.2) is 0 Å². The zero-order chi connectivity index (χ0) is 17.9. The molecule has 1 aromatic rings. The maximum absolute atomic E-state index is 12.8. The van der Waals surface area contributed by atoms with Crippen LogP contribution in [0.1, 0.15) is 58.4 Å². The average molecular weight is 355 g/mol. The number of amides is 2. The van der Waals surface area contributed by atoms with E-state index in [1.54, 1.807) is 0 Å². The van der Waals surface area contributed by atoms with E-state index in [4.69, 9.17) is 0 Å². The molecule has 3 heterocycles.